The third-order valence-electron chi connectivity index (χ3n) is 4.06. The van der Waals surface area contributed by atoms with Gasteiger partial charge in [0.25, 0.3) is 0 Å². The zero-order chi connectivity index (χ0) is 12.8. The Hall–Kier alpha value is -1.06. The van der Waals surface area contributed by atoms with E-state index in [0.29, 0.717) is 5.92 Å². The van der Waals surface area contributed by atoms with Crippen LogP contribution < -0.4 is 5.32 Å². The van der Waals surface area contributed by atoms with Crippen molar-refractivity contribution >= 4 is 11.8 Å². The maximum atomic E-state index is 12.1. The molecule has 2 rings (SSSR count). The van der Waals surface area contributed by atoms with Crippen LogP contribution in [0, 0.1) is 11.8 Å². The minimum Gasteiger partial charge on any atom is -0.345 e. The Morgan fingerprint density at radius 1 is 1.29 bits per heavy atom. The van der Waals surface area contributed by atoms with Gasteiger partial charge in [-0.15, -0.1) is 0 Å². The molecule has 1 heterocycles. The quantitative estimate of drug-likeness (QED) is 0.802. The second-order valence-electron chi connectivity index (χ2n) is 6.10. The Bertz CT molecular complexity index is 345. The molecule has 2 aliphatic rings. The predicted octanol–water partition coefficient (Wildman–Crippen LogP) is 1.16. The largest absolute Gasteiger partial charge is 0.345 e. The lowest BCUT2D eigenvalue weighted by Gasteiger charge is -2.47. The monoisotopic (exact) mass is 238 g/mol. The fraction of sp³-hybridized carbons (Fsp3) is 0.846. The van der Waals surface area contributed by atoms with Gasteiger partial charge in [0.1, 0.15) is 6.04 Å². The number of hydrogen-bond acceptors (Lipinski definition) is 2. The maximum absolute atomic E-state index is 12.1. The van der Waals surface area contributed by atoms with Crippen molar-refractivity contribution in [3.05, 3.63) is 0 Å². The van der Waals surface area contributed by atoms with E-state index in [1.54, 1.807) is 0 Å². The average Bonchev–Trinajstić information content (AvgIpc) is 3.03. The standard InChI is InChI=1S/C13H22N2O2/c1-8(2)11-12(17)14-7-10(16)15(11)13(3,4)9-5-6-9/h8-9,11H,5-7H2,1-4H3,(H,14,17). The first-order chi connectivity index (χ1) is 7.85. The van der Waals surface area contributed by atoms with Crippen molar-refractivity contribution < 1.29 is 9.59 Å². The number of amides is 2. The molecule has 0 spiro atoms. The van der Waals surface area contributed by atoms with E-state index in [4.69, 9.17) is 0 Å². The van der Waals surface area contributed by atoms with Crippen LogP contribution in [0.15, 0.2) is 0 Å². The number of hydrogen-bond donors (Lipinski definition) is 1. The molecule has 1 atom stereocenters. The summed E-state index contributed by atoms with van der Waals surface area (Å²) >= 11 is 0. The molecule has 96 valence electrons. The molecule has 1 saturated heterocycles. The van der Waals surface area contributed by atoms with Gasteiger partial charge in [0.05, 0.1) is 6.54 Å². The van der Waals surface area contributed by atoms with Gasteiger partial charge in [0, 0.05) is 5.54 Å². The minimum atomic E-state index is -0.313. The highest BCUT2D eigenvalue weighted by atomic mass is 16.2. The van der Waals surface area contributed by atoms with Crippen LogP contribution in [0.4, 0.5) is 0 Å². The van der Waals surface area contributed by atoms with Crippen LogP contribution in [-0.4, -0.2) is 34.8 Å². The zero-order valence-corrected chi connectivity index (χ0v) is 11.1. The summed E-state index contributed by atoms with van der Waals surface area (Å²) < 4.78 is 0. The molecule has 4 nitrogen and oxygen atoms in total. The molecule has 0 aromatic heterocycles. The highest BCUT2D eigenvalue weighted by molar-refractivity contribution is 5.95. The van der Waals surface area contributed by atoms with Crippen molar-refractivity contribution in [2.45, 2.75) is 52.1 Å². The fourth-order valence-electron chi connectivity index (χ4n) is 2.89. The normalized spacial score (nSPS) is 26.4. The Morgan fingerprint density at radius 2 is 1.88 bits per heavy atom. The van der Waals surface area contributed by atoms with Crippen molar-refractivity contribution in [3.63, 3.8) is 0 Å². The number of rotatable bonds is 3. The van der Waals surface area contributed by atoms with Gasteiger partial charge >= 0.3 is 0 Å². The summed E-state index contributed by atoms with van der Waals surface area (Å²) in [5.74, 6) is 0.754. The minimum absolute atomic E-state index is 0.00618. The van der Waals surface area contributed by atoms with Gasteiger partial charge in [-0.1, -0.05) is 13.8 Å². The molecule has 1 aliphatic heterocycles. The van der Waals surface area contributed by atoms with E-state index in [1.807, 2.05) is 18.7 Å². The first-order valence-electron chi connectivity index (χ1n) is 6.45. The average molecular weight is 238 g/mol. The maximum Gasteiger partial charge on any atom is 0.243 e. The molecule has 4 heteroatoms. The van der Waals surface area contributed by atoms with Gasteiger partial charge in [-0.05, 0) is 38.5 Å². The predicted molar refractivity (Wildman–Crippen MR) is 65.3 cm³/mol. The van der Waals surface area contributed by atoms with Gasteiger partial charge in [0.2, 0.25) is 11.8 Å². The lowest BCUT2D eigenvalue weighted by Crippen LogP contribution is -2.66. The third kappa shape index (κ3) is 2.05. The van der Waals surface area contributed by atoms with Crippen molar-refractivity contribution in [2.75, 3.05) is 6.54 Å². The number of carbonyl (C=O) groups is 2. The first-order valence-corrected chi connectivity index (χ1v) is 6.45. The van der Waals surface area contributed by atoms with E-state index in [-0.39, 0.29) is 35.9 Å². The summed E-state index contributed by atoms with van der Waals surface area (Å²) in [5, 5.41) is 2.69. The van der Waals surface area contributed by atoms with Crippen molar-refractivity contribution in [1.82, 2.24) is 10.2 Å². The van der Waals surface area contributed by atoms with Crippen LogP contribution in [0.5, 0.6) is 0 Å². The molecule has 1 unspecified atom stereocenters. The smallest absolute Gasteiger partial charge is 0.243 e. The van der Waals surface area contributed by atoms with E-state index in [0.717, 1.165) is 0 Å². The van der Waals surface area contributed by atoms with Crippen LogP contribution in [0.3, 0.4) is 0 Å². The van der Waals surface area contributed by atoms with Gasteiger partial charge < -0.3 is 10.2 Å². The first kappa shape index (κ1) is 12.4. The van der Waals surface area contributed by atoms with Crippen LogP contribution in [0.25, 0.3) is 0 Å². The summed E-state index contributed by atoms with van der Waals surface area (Å²) in [6.07, 6.45) is 2.34. The fourth-order valence-corrected chi connectivity index (χ4v) is 2.89. The van der Waals surface area contributed by atoms with E-state index in [1.165, 1.54) is 12.8 Å². The van der Waals surface area contributed by atoms with E-state index in [9.17, 15) is 9.59 Å². The summed E-state index contributed by atoms with van der Waals surface area (Å²) in [6, 6.07) is -0.313. The topological polar surface area (TPSA) is 49.4 Å². The summed E-state index contributed by atoms with van der Waals surface area (Å²) in [6.45, 7) is 8.34. The van der Waals surface area contributed by atoms with Crippen molar-refractivity contribution in [1.29, 1.82) is 0 Å². The highest BCUT2D eigenvalue weighted by Crippen LogP contribution is 2.44. The molecule has 0 aromatic rings. The van der Waals surface area contributed by atoms with Gasteiger partial charge in [-0.3, -0.25) is 9.59 Å². The molecular weight excluding hydrogens is 216 g/mol. The molecule has 1 N–H and O–H groups in total. The molecule has 0 aromatic carbocycles. The van der Waals surface area contributed by atoms with Crippen molar-refractivity contribution in [3.8, 4) is 0 Å². The second-order valence-corrected chi connectivity index (χ2v) is 6.10. The molecule has 1 aliphatic carbocycles. The van der Waals surface area contributed by atoms with E-state index < -0.39 is 0 Å². The molecule has 0 radical (unpaired) electrons. The lowest BCUT2D eigenvalue weighted by atomic mass is 9.88. The molecule has 17 heavy (non-hydrogen) atoms. The number of nitrogens with zero attached hydrogens (tertiary/aromatic N) is 1. The molecular formula is C13H22N2O2. The van der Waals surface area contributed by atoms with E-state index >= 15 is 0 Å². The summed E-state index contributed by atoms with van der Waals surface area (Å²) in [5.41, 5.74) is -0.191. The Kier molecular flexibility index (Phi) is 2.92. The summed E-state index contributed by atoms with van der Waals surface area (Å²) in [7, 11) is 0. The van der Waals surface area contributed by atoms with Crippen molar-refractivity contribution in [2.24, 2.45) is 11.8 Å². The third-order valence-corrected chi connectivity index (χ3v) is 4.06. The molecule has 2 amide bonds. The highest BCUT2D eigenvalue weighted by Gasteiger charge is 2.50. The van der Waals surface area contributed by atoms with Crippen LogP contribution in [0.1, 0.15) is 40.5 Å². The van der Waals surface area contributed by atoms with Gasteiger partial charge in [0.15, 0.2) is 0 Å². The van der Waals surface area contributed by atoms with Crippen LogP contribution in [-0.2, 0) is 9.59 Å². The van der Waals surface area contributed by atoms with Gasteiger partial charge in [-0.25, -0.2) is 0 Å². The molecule has 1 saturated carbocycles. The second kappa shape index (κ2) is 4.00. The van der Waals surface area contributed by atoms with Crippen LogP contribution in [0.2, 0.25) is 0 Å². The Labute approximate surface area is 103 Å². The van der Waals surface area contributed by atoms with Gasteiger partial charge in [-0.2, -0.15) is 0 Å². The summed E-state index contributed by atoms with van der Waals surface area (Å²) in [4.78, 5) is 26.0. The number of nitrogens with one attached hydrogen (secondary N) is 1. The zero-order valence-electron chi connectivity index (χ0n) is 11.1. The number of carbonyl (C=O) groups excluding carboxylic acids is 2. The SMILES string of the molecule is CC(C)C1C(=O)NCC(=O)N1C(C)(C)C1CC1. The molecule has 2 fully saturated rings. The van der Waals surface area contributed by atoms with E-state index in [2.05, 4.69) is 19.2 Å². The Balaban J connectivity index is 2.31. The Morgan fingerprint density at radius 3 is 2.35 bits per heavy atom. The lowest BCUT2D eigenvalue weighted by molar-refractivity contribution is -0.155. The number of piperazine rings is 1. The van der Waals surface area contributed by atoms with Crippen LogP contribution >= 0.6 is 0 Å². The molecule has 0 bridgehead atoms.